The Morgan fingerprint density at radius 1 is 0.944 bits per heavy atom. The monoisotopic (exact) mass is 248 g/mol. The van der Waals surface area contributed by atoms with Gasteiger partial charge in [-0.15, -0.1) is 0 Å². The molecule has 0 saturated heterocycles. The van der Waals surface area contributed by atoms with Crippen LogP contribution in [-0.2, 0) is 12.8 Å². The average Bonchev–Trinajstić information content (AvgIpc) is 2.43. The van der Waals surface area contributed by atoms with Crippen LogP contribution in [-0.4, -0.2) is 24.5 Å². The SMILES string of the molecule is CCc1cc(CC)cc(C(CN)N(CC)CC)c1. The molecule has 0 fully saturated rings. The van der Waals surface area contributed by atoms with Crippen molar-refractivity contribution >= 4 is 0 Å². The number of nitrogens with zero attached hydrogens (tertiary/aromatic N) is 1. The van der Waals surface area contributed by atoms with Crippen molar-refractivity contribution in [2.75, 3.05) is 19.6 Å². The number of hydrogen-bond donors (Lipinski definition) is 1. The third-order valence-electron chi connectivity index (χ3n) is 3.75. The average molecular weight is 248 g/mol. The Morgan fingerprint density at radius 2 is 1.44 bits per heavy atom. The van der Waals surface area contributed by atoms with Crippen molar-refractivity contribution in [3.05, 3.63) is 34.9 Å². The fourth-order valence-corrected chi connectivity index (χ4v) is 2.55. The van der Waals surface area contributed by atoms with Crippen molar-refractivity contribution in [1.29, 1.82) is 0 Å². The minimum atomic E-state index is 0.358. The zero-order valence-electron chi connectivity index (χ0n) is 12.4. The van der Waals surface area contributed by atoms with Crippen molar-refractivity contribution in [3.63, 3.8) is 0 Å². The Balaban J connectivity index is 3.11. The van der Waals surface area contributed by atoms with Gasteiger partial charge in [0, 0.05) is 12.6 Å². The number of aryl methyl sites for hydroxylation is 2. The molecular formula is C16H28N2. The van der Waals surface area contributed by atoms with Crippen LogP contribution < -0.4 is 5.73 Å². The van der Waals surface area contributed by atoms with E-state index >= 15 is 0 Å². The predicted octanol–water partition coefficient (Wildman–Crippen LogP) is 3.15. The molecule has 1 aromatic rings. The first kappa shape index (κ1) is 15.2. The van der Waals surface area contributed by atoms with Gasteiger partial charge in [-0.2, -0.15) is 0 Å². The number of likely N-dealkylation sites (N-methyl/N-ethyl adjacent to an activating group) is 1. The maximum atomic E-state index is 6.00. The summed E-state index contributed by atoms with van der Waals surface area (Å²) in [4.78, 5) is 2.44. The molecule has 2 N–H and O–H groups in total. The third-order valence-corrected chi connectivity index (χ3v) is 3.75. The van der Waals surface area contributed by atoms with E-state index in [0.29, 0.717) is 12.6 Å². The molecule has 0 aliphatic rings. The van der Waals surface area contributed by atoms with Crippen LogP contribution in [0.4, 0.5) is 0 Å². The number of nitrogens with two attached hydrogens (primary N) is 1. The molecule has 2 nitrogen and oxygen atoms in total. The lowest BCUT2D eigenvalue weighted by molar-refractivity contribution is 0.224. The van der Waals surface area contributed by atoms with Crippen LogP contribution in [0.5, 0.6) is 0 Å². The molecule has 0 spiro atoms. The molecule has 2 heteroatoms. The molecule has 0 aliphatic heterocycles. The lowest BCUT2D eigenvalue weighted by Crippen LogP contribution is -2.33. The first-order valence-electron chi connectivity index (χ1n) is 7.26. The molecule has 1 aromatic carbocycles. The second-order valence-electron chi connectivity index (χ2n) is 4.76. The minimum Gasteiger partial charge on any atom is -0.329 e. The highest BCUT2D eigenvalue weighted by molar-refractivity contribution is 5.32. The first-order valence-corrected chi connectivity index (χ1v) is 7.26. The number of rotatable bonds is 7. The zero-order valence-corrected chi connectivity index (χ0v) is 12.4. The number of benzene rings is 1. The molecule has 0 heterocycles. The van der Waals surface area contributed by atoms with E-state index in [1.54, 1.807) is 0 Å². The van der Waals surface area contributed by atoms with Gasteiger partial charge in [-0.3, -0.25) is 4.90 Å². The van der Waals surface area contributed by atoms with E-state index in [0.717, 1.165) is 25.9 Å². The standard InChI is InChI=1S/C16H28N2/c1-5-13-9-14(6-2)11-15(10-13)16(12-17)18(7-3)8-4/h9-11,16H,5-8,12,17H2,1-4H3. The summed E-state index contributed by atoms with van der Waals surface area (Å²) in [6.45, 7) is 11.6. The molecular weight excluding hydrogens is 220 g/mol. The first-order chi connectivity index (χ1) is 8.69. The van der Waals surface area contributed by atoms with Gasteiger partial charge in [0.2, 0.25) is 0 Å². The summed E-state index contributed by atoms with van der Waals surface area (Å²) in [5.74, 6) is 0. The van der Waals surface area contributed by atoms with Gasteiger partial charge in [-0.05, 0) is 42.6 Å². The van der Waals surface area contributed by atoms with Gasteiger partial charge in [-0.25, -0.2) is 0 Å². The predicted molar refractivity (Wildman–Crippen MR) is 79.9 cm³/mol. The molecule has 1 rings (SSSR count). The van der Waals surface area contributed by atoms with Gasteiger partial charge >= 0.3 is 0 Å². The summed E-state index contributed by atoms with van der Waals surface area (Å²) in [6, 6.07) is 7.33. The molecule has 0 aliphatic carbocycles. The fraction of sp³-hybridized carbons (Fsp3) is 0.625. The Morgan fingerprint density at radius 3 is 1.78 bits per heavy atom. The van der Waals surface area contributed by atoms with Gasteiger partial charge in [0.15, 0.2) is 0 Å². The lowest BCUT2D eigenvalue weighted by Gasteiger charge is -2.29. The Bertz CT molecular complexity index is 334. The van der Waals surface area contributed by atoms with Crippen LogP contribution in [0.2, 0.25) is 0 Å². The normalized spacial score (nSPS) is 13.0. The number of hydrogen-bond acceptors (Lipinski definition) is 2. The summed E-state index contributed by atoms with van der Waals surface area (Å²) >= 11 is 0. The van der Waals surface area contributed by atoms with E-state index in [9.17, 15) is 0 Å². The molecule has 1 unspecified atom stereocenters. The van der Waals surface area contributed by atoms with Gasteiger partial charge in [0.25, 0.3) is 0 Å². The molecule has 0 aromatic heterocycles. The van der Waals surface area contributed by atoms with Gasteiger partial charge in [-0.1, -0.05) is 45.9 Å². The summed E-state index contributed by atoms with van der Waals surface area (Å²) in [6.07, 6.45) is 2.19. The largest absolute Gasteiger partial charge is 0.329 e. The second kappa shape index (κ2) is 7.55. The third kappa shape index (κ3) is 3.56. The summed E-state index contributed by atoms with van der Waals surface area (Å²) in [7, 11) is 0. The van der Waals surface area contributed by atoms with Crippen LogP contribution in [0.25, 0.3) is 0 Å². The molecule has 0 saturated carbocycles. The van der Waals surface area contributed by atoms with Crippen molar-refractivity contribution in [2.24, 2.45) is 5.73 Å². The summed E-state index contributed by atoms with van der Waals surface area (Å²) in [5, 5.41) is 0. The van der Waals surface area contributed by atoms with E-state index in [2.05, 4.69) is 50.8 Å². The Labute approximate surface area is 112 Å². The summed E-state index contributed by atoms with van der Waals surface area (Å²) in [5.41, 5.74) is 10.2. The molecule has 0 amide bonds. The van der Waals surface area contributed by atoms with Crippen molar-refractivity contribution in [2.45, 2.75) is 46.6 Å². The highest BCUT2D eigenvalue weighted by Crippen LogP contribution is 2.23. The molecule has 1 atom stereocenters. The van der Waals surface area contributed by atoms with Crippen LogP contribution in [0.3, 0.4) is 0 Å². The van der Waals surface area contributed by atoms with E-state index in [4.69, 9.17) is 5.73 Å². The smallest absolute Gasteiger partial charge is 0.0470 e. The van der Waals surface area contributed by atoms with E-state index in [1.807, 2.05) is 0 Å². The molecule has 0 radical (unpaired) electrons. The van der Waals surface area contributed by atoms with E-state index in [-0.39, 0.29) is 0 Å². The molecule has 0 bridgehead atoms. The summed E-state index contributed by atoms with van der Waals surface area (Å²) < 4.78 is 0. The fourth-order valence-electron chi connectivity index (χ4n) is 2.55. The molecule has 18 heavy (non-hydrogen) atoms. The topological polar surface area (TPSA) is 29.3 Å². The Hall–Kier alpha value is -0.860. The van der Waals surface area contributed by atoms with Gasteiger partial charge < -0.3 is 5.73 Å². The highest BCUT2D eigenvalue weighted by Gasteiger charge is 2.16. The van der Waals surface area contributed by atoms with E-state index in [1.165, 1.54) is 16.7 Å². The van der Waals surface area contributed by atoms with Crippen LogP contribution in [0, 0.1) is 0 Å². The van der Waals surface area contributed by atoms with E-state index < -0.39 is 0 Å². The quantitative estimate of drug-likeness (QED) is 0.803. The maximum absolute atomic E-state index is 6.00. The van der Waals surface area contributed by atoms with Crippen LogP contribution in [0.15, 0.2) is 18.2 Å². The van der Waals surface area contributed by atoms with Gasteiger partial charge in [0.05, 0.1) is 0 Å². The maximum Gasteiger partial charge on any atom is 0.0470 e. The van der Waals surface area contributed by atoms with Crippen LogP contribution in [0.1, 0.15) is 50.4 Å². The van der Waals surface area contributed by atoms with Gasteiger partial charge in [0.1, 0.15) is 0 Å². The van der Waals surface area contributed by atoms with Crippen molar-refractivity contribution in [1.82, 2.24) is 4.90 Å². The molecule has 102 valence electrons. The zero-order chi connectivity index (χ0) is 13.5. The van der Waals surface area contributed by atoms with Crippen molar-refractivity contribution in [3.8, 4) is 0 Å². The Kier molecular flexibility index (Phi) is 6.37. The van der Waals surface area contributed by atoms with Crippen LogP contribution >= 0.6 is 0 Å². The highest BCUT2D eigenvalue weighted by atomic mass is 15.2. The second-order valence-corrected chi connectivity index (χ2v) is 4.76. The lowest BCUT2D eigenvalue weighted by atomic mass is 9.97. The van der Waals surface area contributed by atoms with Crippen molar-refractivity contribution < 1.29 is 0 Å². The minimum absolute atomic E-state index is 0.358.